The molecule has 2 aromatic carbocycles. The number of piperazine rings is 1. The number of para-hydroxylation sites is 1. The van der Waals surface area contributed by atoms with Gasteiger partial charge in [-0.05, 0) is 29.8 Å². The van der Waals surface area contributed by atoms with Crippen LogP contribution in [0, 0.1) is 5.82 Å². The van der Waals surface area contributed by atoms with Gasteiger partial charge in [-0.3, -0.25) is 19.0 Å². The van der Waals surface area contributed by atoms with Gasteiger partial charge < -0.3 is 9.80 Å². The van der Waals surface area contributed by atoms with E-state index in [0.29, 0.717) is 9.25 Å². The summed E-state index contributed by atoms with van der Waals surface area (Å²) in [4.78, 5) is 54.1. The minimum atomic E-state index is -4.57. The minimum Gasteiger partial charge on any atom is -0.339 e. The fourth-order valence-electron chi connectivity index (χ4n) is 3.92. The van der Waals surface area contributed by atoms with Crippen molar-refractivity contribution in [1.29, 1.82) is 0 Å². The van der Waals surface area contributed by atoms with Crippen molar-refractivity contribution < 1.29 is 27.2 Å². The average molecular weight is 519 g/mol. The standard InChI is InChI=1S/C24H21F4N5O4/c1-15(34)30-10-12-31(13-11-30)21(35)20-22(36)32(14-16-6-8-17(9-7-16)24(26,27)28)23(37)33(29-20)19-5-3-2-4-18(19)25/h2-9H,10-14H2,1H3. The predicted molar refractivity (Wildman–Crippen MR) is 123 cm³/mol. The number of alkyl halides is 3. The first-order chi connectivity index (χ1) is 17.5. The minimum absolute atomic E-state index is 0.108. The molecule has 1 fully saturated rings. The molecule has 0 spiro atoms. The van der Waals surface area contributed by atoms with Gasteiger partial charge in [0.25, 0.3) is 11.5 Å². The largest absolute Gasteiger partial charge is 0.416 e. The van der Waals surface area contributed by atoms with Crippen molar-refractivity contribution in [2.45, 2.75) is 19.6 Å². The van der Waals surface area contributed by atoms with E-state index in [1.54, 1.807) is 0 Å². The summed E-state index contributed by atoms with van der Waals surface area (Å²) in [6, 6.07) is 8.92. The topological polar surface area (TPSA) is 97.5 Å². The molecule has 4 rings (SSSR count). The maximum Gasteiger partial charge on any atom is 0.416 e. The molecule has 3 aromatic rings. The number of hydrogen-bond acceptors (Lipinski definition) is 5. The van der Waals surface area contributed by atoms with Crippen LogP contribution < -0.4 is 11.2 Å². The number of benzene rings is 2. The van der Waals surface area contributed by atoms with E-state index in [4.69, 9.17) is 0 Å². The fourth-order valence-corrected chi connectivity index (χ4v) is 3.92. The zero-order valence-corrected chi connectivity index (χ0v) is 19.5. The highest BCUT2D eigenvalue weighted by molar-refractivity contribution is 5.92. The number of halogens is 4. The number of hydrogen-bond donors (Lipinski definition) is 0. The van der Waals surface area contributed by atoms with Crippen LogP contribution in [0.4, 0.5) is 17.6 Å². The third-order valence-electron chi connectivity index (χ3n) is 5.98. The number of aromatic nitrogens is 3. The van der Waals surface area contributed by atoms with Crippen LogP contribution in [0.3, 0.4) is 0 Å². The Labute approximate surface area is 207 Å². The molecule has 37 heavy (non-hydrogen) atoms. The third-order valence-corrected chi connectivity index (χ3v) is 5.98. The molecular weight excluding hydrogens is 498 g/mol. The van der Waals surface area contributed by atoms with E-state index in [2.05, 4.69) is 5.10 Å². The van der Waals surface area contributed by atoms with Crippen molar-refractivity contribution in [3.63, 3.8) is 0 Å². The maximum absolute atomic E-state index is 14.6. The van der Waals surface area contributed by atoms with Gasteiger partial charge in [0, 0.05) is 33.1 Å². The second kappa shape index (κ2) is 9.99. The normalized spacial score (nSPS) is 14.1. The first kappa shape index (κ1) is 25.8. The highest BCUT2D eigenvalue weighted by Crippen LogP contribution is 2.29. The molecule has 13 heteroatoms. The van der Waals surface area contributed by atoms with Crippen molar-refractivity contribution >= 4 is 11.8 Å². The van der Waals surface area contributed by atoms with Gasteiger partial charge >= 0.3 is 11.9 Å². The van der Waals surface area contributed by atoms with Crippen molar-refractivity contribution in [3.8, 4) is 5.69 Å². The first-order valence-corrected chi connectivity index (χ1v) is 11.2. The highest BCUT2D eigenvalue weighted by Gasteiger charge is 2.31. The summed E-state index contributed by atoms with van der Waals surface area (Å²) in [7, 11) is 0. The Kier molecular flexibility index (Phi) is 6.96. The molecule has 194 valence electrons. The lowest BCUT2D eigenvalue weighted by atomic mass is 10.1. The van der Waals surface area contributed by atoms with Gasteiger partial charge in [0.2, 0.25) is 11.6 Å². The Bertz CT molecular complexity index is 1460. The van der Waals surface area contributed by atoms with Gasteiger partial charge in [0.1, 0.15) is 11.5 Å². The van der Waals surface area contributed by atoms with E-state index in [-0.39, 0.29) is 43.3 Å². The number of amides is 2. The van der Waals surface area contributed by atoms with Crippen LogP contribution in [0.1, 0.15) is 28.5 Å². The molecule has 0 unspecified atom stereocenters. The third kappa shape index (κ3) is 5.29. The smallest absolute Gasteiger partial charge is 0.339 e. The van der Waals surface area contributed by atoms with Gasteiger partial charge in [-0.1, -0.05) is 24.3 Å². The van der Waals surface area contributed by atoms with Crippen molar-refractivity contribution in [2.24, 2.45) is 0 Å². The Morgan fingerprint density at radius 1 is 0.919 bits per heavy atom. The first-order valence-electron chi connectivity index (χ1n) is 11.2. The van der Waals surface area contributed by atoms with Crippen LogP contribution >= 0.6 is 0 Å². The van der Waals surface area contributed by atoms with E-state index in [1.165, 1.54) is 34.9 Å². The molecule has 2 heterocycles. The van der Waals surface area contributed by atoms with Crippen LogP contribution in [-0.2, 0) is 17.5 Å². The molecule has 1 aromatic heterocycles. The molecule has 9 nitrogen and oxygen atoms in total. The van der Waals surface area contributed by atoms with Gasteiger partial charge in [-0.2, -0.15) is 23.0 Å². The van der Waals surface area contributed by atoms with Crippen molar-refractivity contribution in [1.82, 2.24) is 24.1 Å². The Morgan fingerprint density at radius 2 is 1.51 bits per heavy atom. The van der Waals surface area contributed by atoms with E-state index in [9.17, 15) is 36.7 Å². The van der Waals surface area contributed by atoms with E-state index in [1.807, 2.05) is 0 Å². The molecule has 2 amide bonds. The summed E-state index contributed by atoms with van der Waals surface area (Å²) in [6.07, 6.45) is -4.57. The summed E-state index contributed by atoms with van der Waals surface area (Å²) < 4.78 is 54.5. The van der Waals surface area contributed by atoms with E-state index < -0.39 is 47.0 Å². The van der Waals surface area contributed by atoms with Crippen LogP contribution in [0.5, 0.6) is 0 Å². The highest BCUT2D eigenvalue weighted by atomic mass is 19.4. The molecule has 0 aliphatic carbocycles. The molecule has 0 radical (unpaired) electrons. The van der Waals surface area contributed by atoms with Crippen molar-refractivity contribution in [3.05, 3.63) is 92.0 Å². The second-order valence-corrected chi connectivity index (χ2v) is 8.38. The molecule has 0 N–H and O–H groups in total. The monoisotopic (exact) mass is 519 g/mol. The zero-order valence-electron chi connectivity index (χ0n) is 19.5. The van der Waals surface area contributed by atoms with E-state index >= 15 is 0 Å². The Morgan fingerprint density at radius 3 is 2.08 bits per heavy atom. The summed E-state index contributed by atoms with van der Waals surface area (Å²) in [5, 5.41) is 3.89. The van der Waals surface area contributed by atoms with Gasteiger partial charge in [0.15, 0.2) is 0 Å². The SMILES string of the molecule is CC(=O)N1CCN(C(=O)c2nn(-c3ccccc3F)c(=O)n(Cc3ccc(C(F)(F)F)cc3)c2=O)CC1. The average Bonchev–Trinajstić information content (AvgIpc) is 2.87. The number of carbonyl (C=O) groups excluding carboxylic acids is 2. The number of carbonyl (C=O) groups is 2. The quantitative estimate of drug-likeness (QED) is 0.491. The van der Waals surface area contributed by atoms with Crippen LogP contribution in [-0.4, -0.2) is 62.1 Å². The zero-order chi connectivity index (χ0) is 26.9. The lowest BCUT2D eigenvalue weighted by Crippen LogP contribution is -2.52. The molecule has 0 bridgehead atoms. The molecule has 1 aliphatic rings. The lowest BCUT2D eigenvalue weighted by molar-refractivity contribution is -0.137. The number of nitrogens with zero attached hydrogens (tertiary/aromatic N) is 5. The van der Waals surface area contributed by atoms with Crippen LogP contribution in [0.2, 0.25) is 0 Å². The van der Waals surface area contributed by atoms with Gasteiger partial charge in [0.05, 0.1) is 12.1 Å². The maximum atomic E-state index is 14.6. The molecular formula is C24H21F4N5O4. The Hall–Kier alpha value is -4.29. The summed E-state index contributed by atoms with van der Waals surface area (Å²) in [6.45, 7) is 1.59. The molecule has 0 saturated carbocycles. The van der Waals surface area contributed by atoms with Crippen molar-refractivity contribution in [2.75, 3.05) is 26.2 Å². The Balaban J connectivity index is 1.78. The molecule has 1 saturated heterocycles. The van der Waals surface area contributed by atoms with Crippen LogP contribution in [0.25, 0.3) is 5.69 Å². The van der Waals surface area contributed by atoms with Crippen LogP contribution in [0.15, 0.2) is 58.1 Å². The van der Waals surface area contributed by atoms with E-state index in [0.717, 1.165) is 30.3 Å². The lowest BCUT2D eigenvalue weighted by Gasteiger charge is -2.33. The predicted octanol–water partition coefficient (Wildman–Crippen LogP) is 1.90. The summed E-state index contributed by atoms with van der Waals surface area (Å²) >= 11 is 0. The molecule has 1 aliphatic heterocycles. The second-order valence-electron chi connectivity index (χ2n) is 8.38. The molecule has 0 atom stereocenters. The number of rotatable bonds is 4. The fraction of sp³-hybridized carbons (Fsp3) is 0.292. The van der Waals surface area contributed by atoms with Gasteiger partial charge in [-0.15, -0.1) is 0 Å². The van der Waals surface area contributed by atoms with Gasteiger partial charge in [-0.25, -0.2) is 9.18 Å². The summed E-state index contributed by atoms with van der Waals surface area (Å²) in [5.74, 6) is -1.83. The summed E-state index contributed by atoms with van der Waals surface area (Å²) in [5.41, 5.74) is -3.87.